The average Bonchev–Trinajstić information content (AvgIpc) is 2.39. The minimum atomic E-state index is -0.143. The van der Waals surface area contributed by atoms with E-state index in [1.807, 2.05) is 31.2 Å². The van der Waals surface area contributed by atoms with Crippen LogP contribution in [0.1, 0.15) is 28.9 Å². The van der Waals surface area contributed by atoms with E-state index in [0.29, 0.717) is 10.2 Å². The largest absolute Gasteiger partial charge is 0.345 e. The average molecular weight is 384 g/mol. The van der Waals surface area contributed by atoms with Gasteiger partial charge in [0, 0.05) is 10.7 Å². The molecule has 5 heteroatoms. The van der Waals surface area contributed by atoms with E-state index in [0.717, 1.165) is 10.0 Å². The van der Waals surface area contributed by atoms with Crippen LogP contribution in [0.5, 0.6) is 0 Å². The monoisotopic (exact) mass is 382 g/mol. The molecular weight excluding hydrogens is 372 g/mol. The molecule has 0 saturated carbocycles. The Morgan fingerprint density at radius 3 is 2.53 bits per heavy atom. The van der Waals surface area contributed by atoms with Crippen LogP contribution in [0, 0.1) is 0 Å². The summed E-state index contributed by atoms with van der Waals surface area (Å²) in [6, 6.07) is 11.3. The summed E-state index contributed by atoms with van der Waals surface area (Å²) in [4.78, 5) is 16.2. The maximum absolute atomic E-state index is 12.1. The molecule has 1 N–H and O–H groups in total. The summed E-state index contributed by atoms with van der Waals surface area (Å²) in [5.74, 6) is -0.143. The van der Waals surface area contributed by atoms with E-state index in [-0.39, 0.29) is 11.9 Å². The van der Waals surface area contributed by atoms with Crippen molar-refractivity contribution in [1.82, 2.24) is 10.3 Å². The zero-order valence-electron chi connectivity index (χ0n) is 10.2. The third-order valence-electron chi connectivity index (χ3n) is 2.72. The van der Waals surface area contributed by atoms with E-state index < -0.39 is 0 Å². The number of benzene rings is 1. The molecule has 0 saturated heterocycles. The molecule has 1 aromatic carbocycles. The van der Waals surface area contributed by atoms with Crippen molar-refractivity contribution in [3.05, 3.63) is 62.8 Å². The minimum absolute atomic E-state index is 0.0623. The molecular formula is C14H12Br2N2O. The van der Waals surface area contributed by atoms with Gasteiger partial charge in [0.25, 0.3) is 5.91 Å². The lowest BCUT2D eigenvalue weighted by Crippen LogP contribution is -2.27. The van der Waals surface area contributed by atoms with Crippen LogP contribution in [-0.2, 0) is 0 Å². The lowest BCUT2D eigenvalue weighted by Gasteiger charge is -2.14. The Morgan fingerprint density at radius 2 is 1.89 bits per heavy atom. The molecule has 2 rings (SSSR count). The highest BCUT2D eigenvalue weighted by Crippen LogP contribution is 2.18. The molecule has 0 aliphatic rings. The first-order chi connectivity index (χ1) is 9.08. The number of nitrogens with zero attached hydrogens (tertiary/aromatic N) is 1. The van der Waals surface area contributed by atoms with Gasteiger partial charge in [-0.2, -0.15) is 0 Å². The summed E-state index contributed by atoms with van der Waals surface area (Å²) in [6.07, 6.45) is 1.64. The maximum atomic E-state index is 12.1. The number of nitrogens with one attached hydrogen (secondary N) is 1. The fraction of sp³-hybridized carbons (Fsp3) is 0.143. The Balaban J connectivity index is 2.11. The molecule has 0 spiro atoms. The van der Waals surface area contributed by atoms with Crippen molar-refractivity contribution in [2.24, 2.45) is 0 Å². The molecule has 0 aliphatic heterocycles. The van der Waals surface area contributed by atoms with Gasteiger partial charge in [-0.05, 0) is 52.7 Å². The van der Waals surface area contributed by atoms with Gasteiger partial charge in [-0.1, -0.05) is 28.1 Å². The zero-order chi connectivity index (χ0) is 13.8. The van der Waals surface area contributed by atoms with Crippen LogP contribution in [0.3, 0.4) is 0 Å². The Bertz CT molecular complexity index is 584. The van der Waals surface area contributed by atoms with E-state index in [9.17, 15) is 4.79 Å². The van der Waals surface area contributed by atoms with Gasteiger partial charge in [0.05, 0.1) is 11.6 Å². The van der Waals surface area contributed by atoms with E-state index in [1.54, 1.807) is 18.3 Å². The number of aromatic nitrogens is 1. The fourth-order valence-electron chi connectivity index (χ4n) is 1.66. The Kier molecular flexibility index (Phi) is 4.71. The predicted molar refractivity (Wildman–Crippen MR) is 82.0 cm³/mol. The number of hydrogen-bond acceptors (Lipinski definition) is 2. The standard InChI is InChI=1S/C14H12Br2N2O/c1-9(10-4-6-11(15)7-5-10)18-14(19)12-3-2-8-17-13(12)16/h2-9H,1H3,(H,18,19). The predicted octanol–water partition coefficient (Wildman–Crippen LogP) is 4.10. The second-order valence-corrected chi connectivity index (χ2v) is 5.76. The summed E-state index contributed by atoms with van der Waals surface area (Å²) in [5, 5.41) is 2.95. The summed E-state index contributed by atoms with van der Waals surface area (Å²) >= 11 is 6.66. The smallest absolute Gasteiger partial charge is 0.254 e. The summed E-state index contributed by atoms with van der Waals surface area (Å²) in [7, 11) is 0. The van der Waals surface area contributed by atoms with Gasteiger partial charge in [0.2, 0.25) is 0 Å². The van der Waals surface area contributed by atoms with E-state index in [4.69, 9.17) is 0 Å². The van der Waals surface area contributed by atoms with Crippen molar-refractivity contribution in [1.29, 1.82) is 0 Å². The van der Waals surface area contributed by atoms with Crippen molar-refractivity contribution in [3.8, 4) is 0 Å². The van der Waals surface area contributed by atoms with Crippen LogP contribution in [0.4, 0.5) is 0 Å². The van der Waals surface area contributed by atoms with Crippen LogP contribution < -0.4 is 5.32 Å². The van der Waals surface area contributed by atoms with Crippen molar-refractivity contribution < 1.29 is 4.79 Å². The van der Waals surface area contributed by atoms with Crippen LogP contribution in [-0.4, -0.2) is 10.9 Å². The quantitative estimate of drug-likeness (QED) is 0.810. The lowest BCUT2D eigenvalue weighted by atomic mass is 10.1. The molecule has 1 heterocycles. The normalized spacial score (nSPS) is 11.9. The minimum Gasteiger partial charge on any atom is -0.345 e. The van der Waals surface area contributed by atoms with Crippen LogP contribution in [0.2, 0.25) is 0 Å². The second kappa shape index (κ2) is 6.30. The zero-order valence-corrected chi connectivity index (χ0v) is 13.4. The molecule has 0 bridgehead atoms. The summed E-state index contributed by atoms with van der Waals surface area (Å²) < 4.78 is 1.57. The van der Waals surface area contributed by atoms with Crippen molar-refractivity contribution in [3.63, 3.8) is 0 Å². The molecule has 1 amide bonds. The lowest BCUT2D eigenvalue weighted by molar-refractivity contribution is 0.0938. The molecule has 1 atom stereocenters. The fourth-order valence-corrected chi connectivity index (χ4v) is 2.36. The molecule has 0 aliphatic carbocycles. The van der Waals surface area contributed by atoms with Gasteiger partial charge in [-0.25, -0.2) is 4.98 Å². The second-order valence-electron chi connectivity index (χ2n) is 4.09. The number of rotatable bonds is 3. The van der Waals surface area contributed by atoms with Crippen molar-refractivity contribution >= 4 is 37.8 Å². The highest BCUT2D eigenvalue weighted by Gasteiger charge is 2.14. The summed E-state index contributed by atoms with van der Waals surface area (Å²) in [6.45, 7) is 1.95. The number of halogens is 2. The first-order valence-electron chi connectivity index (χ1n) is 5.75. The Morgan fingerprint density at radius 1 is 1.21 bits per heavy atom. The van der Waals surface area contributed by atoms with Crippen LogP contribution in [0.15, 0.2) is 51.7 Å². The first-order valence-corrected chi connectivity index (χ1v) is 7.33. The SMILES string of the molecule is CC(NC(=O)c1cccnc1Br)c1ccc(Br)cc1. The van der Waals surface area contributed by atoms with Crippen molar-refractivity contribution in [2.75, 3.05) is 0 Å². The number of carbonyl (C=O) groups excluding carboxylic acids is 1. The molecule has 98 valence electrons. The highest BCUT2D eigenvalue weighted by atomic mass is 79.9. The van der Waals surface area contributed by atoms with E-state index in [2.05, 4.69) is 42.2 Å². The van der Waals surface area contributed by atoms with Gasteiger partial charge in [-0.15, -0.1) is 0 Å². The summed E-state index contributed by atoms with van der Waals surface area (Å²) in [5.41, 5.74) is 1.59. The number of hydrogen-bond donors (Lipinski definition) is 1. The molecule has 19 heavy (non-hydrogen) atoms. The third kappa shape index (κ3) is 3.64. The first kappa shape index (κ1) is 14.2. The topological polar surface area (TPSA) is 42.0 Å². The van der Waals surface area contributed by atoms with Crippen LogP contribution in [0.25, 0.3) is 0 Å². The van der Waals surface area contributed by atoms with E-state index >= 15 is 0 Å². The maximum Gasteiger partial charge on any atom is 0.254 e. The molecule has 3 nitrogen and oxygen atoms in total. The molecule has 1 unspecified atom stereocenters. The Labute approximate surface area is 128 Å². The number of carbonyl (C=O) groups is 1. The van der Waals surface area contributed by atoms with Gasteiger partial charge < -0.3 is 5.32 Å². The molecule has 2 aromatic rings. The number of amides is 1. The van der Waals surface area contributed by atoms with Crippen molar-refractivity contribution in [2.45, 2.75) is 13.0 Å². The van der Waals surface area contributed by atoms with Crippen LogP contribution >= 0.6 is 31.9 Å². The third-order valence-corrected chi connectivity index (χ3v) is 3.88. The van der Waals surface area contributed by atoms with E-state index in [1.165, 1.54) is 0 Å². The molecule has 0 radical (unpaired) electrons. The Hall–Kier alpha value is -1.20. The number of pyridine rings is 1. The van der Waals surface area contributed by atoms with Gasteiger partial charge in [0.1, 0.15) is 4.60 Å². The van der Waals surface area contributed by atoms with Gasteiger partial charge in [0.15, 0.2) is 0 Å². The molecule has 1 aromatic heterocycles. The molecule has 0 fully saturated rings. The van der Waals surface area contributed by atoms with Gasteiger partial charge >= 0.3 is 0 Å². The highest BCUT2D eigenvalue weighted by molar-refractivity contribution is 9.10. The van der Waals surface area contributed by atoms with Gasteiger partial charge in [-0.3, -0.25) is 4.79 Å².